The van der Waals surface area contributed by atoms with E-state index in [9.17, 15) is 0 Å². The van der Waals surface area contributed by atoms with Gasteiger partial charge < -0.3 is 15.3 Å². The van der Waals surface area contributed by atoms with Crippen LogP contribution in [0.5, 0.6) is 0 Å². The molecule has 0 aliphatic heterocycles. The van der Waals surface area contributed by atoms with Gasteiger partial charge in [-0.3, -0.25) is 0 Å². The molecule has 0 aliphatic carbocycles. The first-order valence-electron chi connectivity index (χ1n) is 4.04. The molecule has 12 heavy (non-hydrogen) atoms. The van der Waals surface area contributed by atoms with Crippen molar-refractivity contribution in [2.24, 2.45) is 0 Å². The number of unbranched alkanes of at least 4 members (excludes halogenated alkanes) is 3. The lowest BCUT2D eigenvalue weighted by atomic mass is 10.1. The van der Waals surface area contributed by atoms with Gasteiger partial charge in [-0.2, -0.15) is 0 Å². The predicted octanol–water partition coefficient (Wildman–Crippen LogP) is 3.22. The normalized spacial score (nSPS) is 9.75. The van der Waals surface area contributed by atoms with Crippen molar-refractivity contribution < 1.29 is 15.3 Å². The Hall–Kier alpha value is -0.130. The van der Waals surface area contributed by atoms with Crippen molar-refractivity contribution in [3.8, 4) is 0 Å². The molecule has 0 rings (SSSR count). The summed E-state index contributed by atoms with van der Waals surface area (Å²) >= 11 is 2.32. The Labute approximate surface area is 86.2 Å². The third kappa shape index (κ3) is 6.57. The molecule has 3 nitrogen and oxygen atoms in total. The second-order valence-corrected chi connectivity index (χ2v) is 3.70. The zero-order valence-electron chi connectivity index (χ0n) is 6.96. The van der Waals surface area contributed by atoms with Crippen LogP contribution in [0.15, 0.2) is 11.7 Å². The molecule has 0 aromatic heterocycles. The van der Waals surface area contributed by atoms with Crippen LogP contribution in [0.1, 0.15) is 32.1 Å². The quantitative estimate of drug-likeness (QED) is 0.304. The van der Waals surface area contributed by atoms with Gasteiger partial charge in [-0.05, 0) is 17.3 Å². The van der Waals surface area contributed by atoms with Crippen LogP contribution in [-0.4, -0.2) is 19.7 Å². The average Bonchev–Trinajstić information content (AvgIpc) is 2.03. The van der Waals surface area contributed by atoms with Crippen LogP contribution in [0.3, 0.4) is 0 Å². The Balaban J connectivity index is 3.26. The highest BCUT2D eigenvalue weighted by Crippen LogP contribution is 2.09. The fraction of sp³-hybridized carbons (Fsp3) is 0.750. The van der Waals surface area contributed by atoms with Gasteiger partial charge in [0.15, 0.2) is 5.76 Å². The standard InChI is InChI=1S/C8H15IO3/c9-6-4-2-1-3-5-7(10)8(11)12/h10-12H,1-6H2. The average molecular weight is 286 g/mol. The van der Waals surface area contributed by atoms with Gasteiger partial charge in [-0.25, -0.2) is 0 Å². The molecule has 0 heterocycles. The van der Waals surface area contributed by atoms with Crippen LogP contribution >= 0.6 is 22.6 Å². The van der Waals surface area contributed by atoms with Gasteiger partial charge in [0.05, 0.1) is 0 Å². The van der Waals surface area contributed by atoms with E-state index >= 15 is 0 Å². The van der Waals surface area contributed by atoms with Gasteiger partial charge in [0, 0.05) is 6.42 Å². The van der Waals surface area contributed by atoms with E-state index in [-0.39, 0.29) is 5.76 Å². The summed E-state index contributed by atoms with van der Waals surface area (Å²) in [6.07, 6.45) is 4.54. The topological polar surface area (TPSA) is 60.7 Å². The lowest BCUT2D eigenvalue weighted by Gasteiger charge is -1.99. The Morgan fingerprint density at radius 2 is 1.50 bits per heavy atom. The van der Waals surface area contributed by atoms with Gasteiger partial charge >= 0.3 is 5.95 Å². The van der Waals surface area contributed by atoms with Crippen molar-refractivity contribution >= 4 is 22.6 Å². The Bertz CT molecular complexity index is 141. The van der Waals surface area contributed by atoms with E-state index in [0.29, 0.717) is 6.42 Å². The summed E-state index contributed by atoms with van der Waals surface area (Å²) in [6.45, 7) is 0. The van der Waals surface area contributed by atoms with Gasteiger partial charge in [-0.1, -0.05) is 35.4 Å². The highest BCUT2D eigenvalue weighted by Gasteiger charge is 2.00. The lowest BCUT2D eigenvalue weighted by molar-refractivity contribution is 0.153. The highest BCUT2D eigenvalue weighted by atomic mass is 127. The summed E-state index contributed by atoms with van der Waals surface area (Å²) in [6, 6.07) is 0. The zero-order valence-corrected chi connectivity index (χ0v) is 9.12. The van der Waals surface area contributed by atoms with Crippen molar-refractivity contribution in [1.82, 2.24) is 0 Å². The van der Waals surface area contributed by atoms with Crippen LogP contribution in [-0.2, 0) is 0 Å². The zero-order chi connectivity index (χ0) is 9.40. The van der Waals surface area contributed by atoms with Gasteiger partial charge in [-0.15, -0.1) is 0 Å². The van der Waals surface area contributed by atoms with Crippen LogP contribution in [0.4, 0.5) is 0 Å². The number of alkyl halides is 1. The van der Waals surface area contributed by atoms with E-state index in [4.69, 9.17) is 15.3 Å². The molecule has 72 valence electrons. The van der Waals surface area contributed by atoms with E-state index in [0.717, 1.165) is 23.7 Å². The minimum absolute atomic E-state index is 0.301. The molecule has 0 aliphatic rings. The first-order valence-corrected chi connectivity index (χ1v) is 5.57. The van der Waals surface area contributed by atoms with E-state index < -0.39 is 5.95 Å². The molecule has 0 saturated heterocycles. The number of allylic oxidation sites excluding steroid dienone is 1. The van der Waals surface area contributed by atoms with Gasteiger partial charge in [0.2, 0.25) is 0 Å². The fourth-order valence-electron chi connectivity index (χ4n) is 0.852. The molecule has 0 aromatic rings. The number of aliphatic hydroxyl groups excluding tert-OH is 2. The minimum Gasteiger partial charge on any atom is -0.506 e. The van der Waals surface area contributed by atoms with Crippen LogP contribution in [0, 0.1) is 0 Å². The Morgan fingerprint density at radius 3 is 2.00 bits per heavy atom. The third-order valence-corrected chi connectivity index (χ3v) is 2.32. The summed E-state index contributed by atoms with van der Waals surface area (Å²) in [7, 11) is 0. The van der Waals surface area contributed by atoms with E-state index in [2.05, 4.69) is 22.6 Å². The number of halogens is 1. The summed E-state index contributed by atoms with van der Waals surface area (Å²) in [4.78, 5) is 0. The summed E-state index contributed by atoms with van der Waals surface area (Å²) in [5.41, 5.74) is 0. The molecule has 0 saturated carbocycles. The maximum Gasteiger partial charge on any atom is 0.313 e. The van der Waals surface area contributed by atoms with E-state index in [1.54, 1.807) is 0 Å². The molecule has 0 unspecified atom stereocenters. The number of aliphatic hydroxyl groups is 3. The molecule has 0 aromatic carbocycles. The fourth-order valence-corrected chi connectivity index (χ4v) is 1.39. The second-order valence-electron chi connectivity index (χ2n) is 2.62. The Morgan fingerprint density at radius 1 is 0.917 bits per heavy atom. The molecule has 0 atom stereocenters. The smallest absolute Gasteiger partial charge is 0.313 e. The maximum absolute atomic E-state index is 8.86. The number of hydrogen-bond acceptors (Lipinski definition) is 3. The SMILES string of the molecule is OC(O)=C(O)CCCCCCI. The molecule has 0 fully saturated rings. The predicted molar refractivity (Wildman–Crippen MR) is 56.9 cm³/mol. The van der Waals surface area contributed by atoms with Crippen molar-refractivity contribution in [2.75, 3.05) is 4.43 Å². The molecular weight excluding hydrogens is 271 g/mol. The van der Waals surface area contributed by atoms with Crippen LogP contribution in [0.25, 0.3) is 0 Å². The maximum atomic E-state index is 8.86. The molecule has 0 radical (unpaired) electrons. The summed E-state index contributed by atoms with van der Waals surface area (Å²) < 4.78 is 1.16. The first-order chi connectivity index (χ1) is 5.68. The van der Waals surface area contributed by atoms with Crippen LogP contribution < -0.4 is 0 Å². The number of rotatable bonds is 6. The molecule has 3 N–H and O–H groups in total. The molecule has 4 heteroatoms. The summed E-state index contributed by atoms with van der Waals surface area (Å²) in [5, 5.41) is 25.7. The second kappa shape index (κ2) is 7.52. The molecular formula is C8H15IO3. The molecule has 0 bridgehead atoms. The molecule has 0 amide bonds. The Kier molecular flexibility index (Phi) is 7.43. The minimum atomic E-state index is -0.941. The van der Waals surface area contributed by atoms with Gasteiger partial charge in [0.1, 0.15) is 0 Å². The lowest BCUT2D eigenvalue weighted by Crippen LogP contribution is -1.90. The summed E-state index contributed by atoms with van der Waals surface area (Å²) in [5.74, 6) is -1.24. The highest BCUT2D eigenvalue weighted by molar-refractivity contribution is 14.1. The van der Waals surface area contributed by atoms with Crippen molar-refractivity contribution in [3.05, 3.63) is 11.7 Å². The number of hydrogen-bond donors (Lipinski definition) is 3. The van der Waals surface area contributed by atoms with Crippen LogP contribution in [0.2, 0.25) is 0 Å². The molecule has 0 spiro atoms. The van der Waals surface area contributed by atoms with Crippen molar-refractivity contribution in [3.63, 3.8) is 0 Å². The monoisotopic (exact) mass is 286 g/mol. The van der Waals surface area contributed by atoms with Crippen molar-refractivity contribution in [2.45, 2.75) is 32.1 Å². The van der Waals surface area contributed by atoms with E-state index in [1.165, 1.54) is 6.42 Å². The van der Waals surface area contributed by atoms with Crippen molar-refractivity contribution in [1.29, 1.82) is 0 Å². The third-order valence-electron chi connectivity index (χ3n) is 1.56. The van der Waals surface area contributed by atoms with E-state index in [1.807, 2.05) is 0 Å². The van der Waals surface area contributed by atoms with Gasteiger partial charge in [0.25, 0.3) is 0 Å². The largest absolute Gasteiger partial charge is 0.506 e. The first kappa shape index (κ1) is 11.9.